The second-order valence-corrected chi connectivity index (χ2v) is 6.27. The lowest BCUT2D eigenvalue weighted by Crippen LogP contribution is -2.38. The van der Waals surface area contributed by atoms with Gasteiger partial charge in [0.25, 0.3) is 5.91 Å². The quantitative estimate of drug-likeness (QED) is 0.369. The predicted molar refractivity (Wildman–Crippen MR) is 106 cm³/mol. The number of phenolic OH excluding ortho intramolecular Hbond substituents is 1. The Morgan fingerprint density at radius 3 is 2.85 bits per heavy atom. The van der Waals surface area contributed by atoms with Gasteiger partial charge in [0.2, 0.25) is 0 Å². The van der Waals surface area contributed by atoms with Crippen LogP contribution in [0.5, 0.6) is 5.75 Å². The number of nitrogens with one attached hydrogen (secondary N) is 2. The molecule has 2 rings (SSSR count). The van der Waals surface area contributed by atoms with Crippen molar-refractivity contribution in [2.24, 2.45) is 12.0 Å². The van der Waals surface area contributed by atoms with Crippen LogP contribution in [-0.2, 0) is 13.6 Å². The molecule has 8 heteroatoms. The summed E-state index contributed by atoms with van der Waals surface area (Å²) in [4.78, 5) is 18.7. The van der Waals surface area contributed by atoms with Gasteiger partial charge in [0.15, 0.2) is 5.96 Å². The van der Waals surface area contributed by atoms with E-state index in [0.717, 1.165) is 24.5 Å². The first-order valence-corrected chi connectivity index (χ1v) is 9.03. The lowest BCUT2D eigenvalue weighted by atomic mass is 10.2. The van der Waals surface area contributed by atoms with Crippen molar-refractivity contribution < 1.29 is 9.90 Å². The molecule has 1 amide bonds. The largest absolute Gasteiger partial charge is 0.508 e. The van der Waals surface area contributed by atoms with Crippen LogP contribution in [0, 0.1) is 0 Å². The summed E-state index contributed by atoms with van der Waals surface area (Å²) in [5.74, 6) is 0.704. The van der Waals surface area contributed by atoms with Gasteiger partial charge in [-0.05, 0) is 31.5 Å². The van der Waals surface area contributed by atoms with Gasteiger partial charge in [0, 0.05) is 57.6 Å². The first-order valence-electron chi connectivity index (χ1n) is 9.03. The number of guanidine groups is 1. The second kappa shape index (κ2) is 10.2. The number of carbonyl (C=O) groups is 1. The third kappa shape index (κ3) is 6.65. The van der Waals surface area contributed by atoms with E-state index in [-0.39, 0.29) is 11.7 Å². The summed E-state index contributed by atoms with van der Waals surface area (Å²) in [5, 5.41) is 19.7. The van der Waals surface area contributed by atoms with Gasteiger partial charge in [0.1, 0.15) is 5.75 Å². The molecule has 8 nitrogen and oxygen atoms in total. The maximum absolute atomic E-state index is 12.0. The van der Waals surface area contributed by atoms with E-state index in [4.69, 9.17) is 0 Å². The summed E-state index contributed by atoms with van der Waals surface area (Å²) in [5.41, 5.74) is 1.56. The number of amides is 1. The molecule has 0 aliphatic heterocycles. The Morgan fingerprint density at radius 1 is 1.37 bits per heavy atom. The van der Waals surface area contributed by atoms with Crippen LogP contribution in [0.15, 0.2) is 41.7 Å². The second-order valence-electron chi connectivity index (χ2n) is 6.27. The third-order valence-electron chi connectivity index (χ3n) is 3.86. The molecule has 0 bridgehead atoms. The number of hydrogen-bond acceptors (Lipinski definition) is 4. The zero-order valence-electron chi connectivity index (χ0n) is 16.1. The highest BCUT2D eigenvalue weighted by molar-refractivity contribution is 5.94. The van der Waals surface area contributed by atoms with E-state index in [1.54, 1.807) is 16.8 Å². The van der Waals surface area contributed by atoms with Crippen molar-refractivity contribution in [3.05, 3.63) is 47.8 Å². The van der Waals surface area contributed by atoms with Gasteiger partial charge in [0.05, 0.1) is 6.20 Å². The van der Waals surface area contributed by atoms with E-state index < -0.39 is 0 Å². The standard InChI is InChI=1S/C19H28N6O2/c1-4-20-19(24(2)13-15-12-23-25(3)14-15)22-10-6-9-21-18(27)16-7-5-8-17(26)11-16/h5,7-8,11-12,14,26H,4,6,9-10,13H2,1-3H3,(H,20,22)(H,21,27). The predicted octanol–water partition coefficient (Wildman–Crippen LogP) is 1.34. The molecule has 0 atom stereocenters. The lowest BCUT2D eigenvalue weighted by molar-refractivity contribution is 0.0953. The molecule has 1 aromatic heterocycles. The molecule has 0 fully saturated rings. The summed E-state index contributed by atoms with van der Waals surface area (Å²) in [6.07, 6.45) is 4.55. The smallest absolute Gasteiger partial charge is 0.251 e. The van der Waals surface area contributed by atoms with Crippen LogP contribution in [0.25, 0.3) is 0 Å². The Kier molecular flexibility index (Phi) is 7.66. The molecule has 0 aliphatic rings. The van der Waals surface area contributed by atoms with Gasteiger partial charge in [-0.15, -0.1) is 0 Å². The molecule has 1 aromatic carbocycles. The number of phenols is 1. The number of hydrogen-bond donors (Lipinski definition) is 3. The third-order valence-corrected chi connectivity index (χ3v) is 3.86. The monoisotopic (exact) mass is 372 g/mol. The SMILES string of the molecule is CCNC(=NCCCNC(=O)c1cccc(O)c1)N(C)Cc1cnn(C)c1. The molecule has 27 heavy (non-hydrogen) atoms. The number of aliphatic imine (C=N–C) groups is 1. The van der Waals surface area contributed by atoms with Crippen molar-refractivity contribution in [1.29, 1.82) is 0 Å². The van der Waals surface area contributed by atoms with E-state index in [9.17, 15) is 9.90 Å². The van der Waals surface area contributed by atoms with E-state index in [2.05, 4.69) is 20.7 Å². The number of aryl methyl sites for hydroxylation is 1. The number of aromatic hydroxyl groups is 1. The number of rotatable bonds is 8. The summed E-state index contributed by atoms with van der Waals surface area (Å²) >= 11 is 0. The van der Waals surface area contributed by atoms with Crippen LogP contribution < -0.4 is 10.6 Å². The molecular weight excluding hydrogens is 344 g/mol. The summed E-state index contributed by atoms with van der Waals surface area (Å²) < 4.78 is 1.78. The van der Waals surface area contributed by atoms with Gasteiger partial charge in [-0.2, -0.15) is 5.10 Å². The fourth-order valence-corrected chi connectivity index (χ4v) is 2.59. The van der Waals surface area contributed by atoms with Crippen LogP contribution in [0.3, 0.4) is 0 Å². The molecule has 0 saturated carbocycles. The number of aromatic nitrogens is 2. The molecular formula is C19H28N6O2. The minimum atomic E-state index is -0.199. The van der Waals surface area contributed by atoms with Gasteiger partial charge < -0.3 is 20.6 Å². The molecule has 0 radical (unpaired) electrons. The first kappa shape index (κ1) is 20.3. The van der Waals surface area contributed by atoms with Crippen molar-refractivity contribution in [2.75, 3.05) is 26.7 Å². The van der Waals surface area contributed by atoms with Gasteiger partial charge >= 0.3 is 0 Å². The number of nitrogens with zero attached hydrogens (tertiary/aromatic N) is 4. The van der Waals surface area contributed by atoms with Gasteiger partial charge in [-0.3, -0.25) is 14.5 Å². The Morgan fingerprint density at radius 2 is 2.19 bits per heavy atom. The zero-order valence-corrected chi connectivity index (χ0v) is 16.1. The fraction of sp³-hybridized carbons (Fsp3) is 0.421. The minimum absolute atomic E-state index is 0.0826. The normalized spacial score (nSPS) is 11.3. The Hall–Kier alpha value is -3.03. The highest BCUT2D eigenvalue weighted by atomic mass is 16.3. The van der Waals surface area contributed by atoms with Crippen molar-refractivity contribution >= 4 is 11.9 Å². The van der Waals surface area contributed by atoms with E-state index in [0.29, 0.717) is 25.2 Å². The van der Waals surface area contributed by atoms with E-state index in [1.165, 1.54) is 12.1 Å². The highest BCUT2D eigenvalue weighted by Crippen LogP contribution is 2.10. The Balaban J connectivity index is 1.79. The van der Waals surface area contributed by atoms with Crippen LogP contribution in [0.1, 0.15) is 29.3 Å². The molecule has 0 spiro atoms. The van der Waals surface area contributed by atoms with Crippen molar-refractivity contribution in [3.63, 3.8) is 0 Å². The van der Waals surface area contributed by atoms with E-state index in [1.807, 2.05) is 38.3 Å². The van der Waals surface area contributed by atoms with Crippen LogP contribution >= 0.6 is 0 Å². The maximum Gasteiger partial charge on any atom is 0.251 e. The molecule has 146 valence electrons. The molecule has 1 heterocycles. The van der Waals surface area contributed by atoms with Crippen LogP contribution in [0.2, 0.25) is 0 Å². The van der Waals surface area contributed by atoms with Crippen molar-refractivity contribution in [1.82, 2.24) is 25.3 Å². The average molecular weight is 372 g/mol. The molecule has 3 N–H and O–H groups in total. The van der Waals surface area contributed by atoms with Crippen LogP contribution in [0.4, 0.5) is 0 Å². The van der Waals surface area contributed by atoms with Crippen molar-refractivity contribution in [3.8, 4) is 5.75 Å². The van der Waals surface area contributed by atoms with E-state index >= 15 is 0 Å². The maximum atomic E-state index is 12.0. The first-order chi connectivity index (χ1) is 13.0. The average Bonchev–Trinajstić information content (AvgIpc) is 3.05. The number of benzene rings is 1. The lowest BCUT2D eigenvalue weighted by Gasteiger charge is -2.21. The topological polar surface area (TPSA) is 94.8 Å². The van der Waals surface area contributed by atoms with Gasteiger partial charge in [-0.25, -0.2) is 0 Å². The summed E-state index contributed by atoms with van der Waals surface area (Å²) in [6.45, 7) is 4.64. The minimum Gasteiger partial charge on any atom is -0.508 e. The number of carbonyl (C=O) groups excluding carboxylic acids is 1. The summed E-state index contributed by atoms with van der Waals surface area (Å²) in [7, 11) is 3.88. The molecule has 0 saturated heterocycles. The Bertz CT molecular complexity index is 771. The molecule has 2 aromatic rings. The molecule has 0 aliphatic carbocycles. The van der Waals surface area contributed by atoms with Crippen LogP contribution in [-0.4, -0.2) is 58.3 Å². The zero-order chi connectivity index (χ0) is 19.6. The fourth-order valence-electron chi connectivity index (χ4n) is 2.59. The Labute approximate surface area is 159 Å². The van der Waals surface area contributed by atoms with Gasteiger partial charge in [-0.1, -0.05) is 6.07 Å². The summed E-state index contributed by atoms with van der Waals surface area (Å²) in [6, 6.07) is 6.30. The van der Waals surface area contributed by atoms with Crippen molar-refractivity contribution in [2.45, 2.75) is 19.9 Å². The molecule has 0 unspecified atom stereocenters. The highest BCUT2D eigenvalue weighted by Gasteiger charge is 2.08.